The van der Waals surface area contributed by atoms with Crippen molar-refractivity contribution in [1.82, 2.24) is 0 Å². The van der Waals surface area contributed by atoms with E-state index in [0.29, 0.717) is 16.7 Å². The number of nitrogens with zero attached hydrogens (tertiary/aromatic N) is 1. The van der Waals surface area contributed by atoms with Crippen molar-refractivity contribution in [2.75, 3.05) is 12.4 Å². The first-order chi connectivity index (χ1) is 9.56. The minimum Gasteiger partial charge on any atom is -0.497 e. The van der Waals surface area contributed by atoms with E-state index in [9.17, 15) is 9.59 Å². The summed E-state index contributed by atoms with van der Waals surface area (Å²) in [5, 5.41) is 11.6. The van der Waals surface area contributed by atoms with E-state index in [-0.39, 0.29) is 23.7 Å². The standard InChI is InChI=1S/C14H12N2O4/c1-8(17)14-13(16-12(18)5-6-15)10-4-3-9(19-2)7-11(10)20-14/h3-4,7H,5H2,1-2H3,(H,16,18). The maximum atomic E-state index is 11.6. The van der Waals surface area contributed by atoms with Crippen LogP contribution >= 0.6 is 0 Å². The van der Waals surface area contributed by atoms with Gasteiger partial charge in [-0.05, 0) is 12.1 Å². The molecule has 0 aliphatic rings. The average Bonchev–Trinajstić information content (AvgIpc) is 2.77. The number of fused-ring (bicyclic) bond motifs is 1. The number of nitriles is 1. The number of Topliss-reactive ketones (excluding diaryl/α,β-unsaturated/α-hetero) is 1. The molecule has 1 aromatic carbocycles. The number of furan rings is 1. The molecule has 0 atom stereocenters. The number of hydrogen-bond acceptors (Lipinski definition) is 5. The highest BCUT2D eigenvalue weighted by Crippen LogP contribution is 2.33. The molecule has 0 saturated heterocycles. The lowest BCUT2D eigenvalue weighted by atomic mass is 10.2. The molecule has 2 rings (SSSR count). The van der Waals surface area contributed by atoms with Gasteiger partial charge in [0.25, 0.3) is 0 Å². The summed E-state index contributed by atoms with van der Waals surface area (Å²) < 4.78 is 10.5. The van der Waals surface area contributed by atoms with E-state index < -0.39 is 5.91 Å². The Kier molecular flexibility index (Phi) is 3.71. The number of benzene rings is 1. The van der Waals surface area contributed by atoms with Crippen molar-refractivity contribution in [3.63, 3.8) is 0 Å². The minimum absolute atomic E-state index is 0.0551. The van der Waals surface area contributed by atoms with E-state index in [1.807, 2.05) is 0 Å². The van der Waals surface area contributed by atoms with Gasteiger partial charge in [0.05, 0.1) is 18.9 Å². The maximum absolute atomic E-state index is 11.6. The molecule has 0 aliphatic carbocycles. The molecular formula is C14H12N2O4. The van der Waals surface area contributed by atoms with Gasteiger partial charge in [0, 0.05) is 18.4 Å². The Morgan fingerprint density at radius 1 is 1.45 bits per heavy atom. The van der Waals surface area contributed by atoms with E-state index in [1.165, 1.54) is 14.0 Å². The van der Waals surface area contributed by atoms with Crippen LogP contribution in [-0.4, -0.2) is 18.8 Å². The second-order valence-electron chi connectivity index (χ2n) is 4.11. The summed E-state index contributed by atoms with van der Waals surface area (Å²) in [6, 6.07) is 6.76. The number of rotatable bonds is 4. The van der Waals surface area contributed by atoms with Gasteiger partial charge in [0.1, 0.15) is 17.8 Å². The molecular weight excluding hydrogens is 260 g/mol. The van der Waals surface area contributed by atoms with Gasteiger partial charge in [-0.15, -0.1) is 0 Å². The Morgan fingerprint density at radius 2 is 2.20 bits per heavy atom. The van der Waals surface area contributed by atoms with E-state index in [4.69, 9.17) is 14.4 Å². The smallest absolute Gasteiger partial charge is 0.238 e. The number of hydrogen-bond donors (Lipinski definition) is 1. The molecule has 20 heavy (non-hydrogen) atoms. The van der Waals surface area contributed by atoms with Crippen LogP contribution in [0.1, 0.15) is 23.9 Å². The van der Waals surface area contributed by atoms with Crippen LogP contribution in [0, 0.1) is 11.3 Å². The van der Waals surface area contributed by atoms with Gasteiger partial charge < -0.3 is 14.5 Å². The number of ketones is 1. The summed E-state index contributed by atoms with van der Waals surface area (Å²) in [6.45, 7) is 1.34. The summed E-state index contributed by atoms with van der Waals surface area (Å²) in [5.74, 6) is -0.170. The Hall–Kier alpha value is -2.81. The van der Waals surface area contributed by atoms with Gasteiger partial charge in [-0.3, -0.25) is 9.59 Å². The van der Waals surface area contributed by atoms with Crippen LogP contribution in [0.2, 0.25) is 0 Å². The molecule has 0 spiro atoms. The number of nitrogens with one attached hydrogen (secondary N) is 1. The van der Waals surface area contributed by atoms with Crippen molar-refractivity contribution in [2.24, 2.45) is 0 Å². The van der Waals surface area contributed by atoms with Gasteiger partial charge in [0.15, 0.2) is 11.5 Å². The molecule has 102 valence electrons. The van der Waals surface area contributed by atoms with E-state index >= 15 is 0 Å². The number of anilines is 1. The van der Waals surface area contributed by atoms with Crippen LogP contribution in [0.4, 0.5) is 5.69 Å². The highest BCUT2D eigenvalue weighted by atomic mass is 16.5. The fourth-order valence-electron chi connectivity index (χ4n) is 1.83. The van der Waals surface area contributed by atoms with Crippen molar-refractivity contribution < 1.29 is 18.7 Å². The number of methoxy groups -OCH3 is 1. The molecule has 1 amide bonds. The SMILES string of the molecule is COc1ccc2c(NC(=O)CC#N)c(C(C)=O)oc2c1. The number of amides is 1. The van der Waals surface area contributed by atoms with Gasteiger partial charge in [0.2, 0.25) is 5.91 Å². The van der Waals surface area contributed by atoms with E-state index in [2.05, 4.69) is 5.32 Å². The Balaban J connectivity index is 2.55. The quantitative estimate of drug-likeness (QED) is 0.863. The fourth-order valence-corrected chi connectivity index (χ4v) is 1.83. The highest BCUT2D eigenvalue weighted by molar-refractivity contribution is 6.11. The molecule has 0 radical (unpaired) electrons. The zero-order valence-electron chi connectivity index (χ0n) is 11.0. The zero-order chi connectivity index (χ0) is 14.7. The predicted molar refractivity (Wildman–Crippen MR) is 71.6 cm³/mol. The molecule has 0 unspecified atom stereocenters. The lowest BCUT2D eigenvalue weighted by Crippen LogP contribution is -2.12. The monoisotopic (exact) mass is 272 g/mol. The molecule has 1 aromatic heterocycles. The van der Waals surface area contributed by atoms with Crippen molar-refractivity contribution >= 4 is 28.3 Å². The predicted octanol–water partition coefficient (Wildman–Crippen LogP) is 2.50. The van der Waals surface area contributed by atoms with Gasteiger partial charge in [-0.1, -0.05) is 0 Å². The molecule has 0 saturated carbocycles. The first kappa shape index (κ1) is 13.6. The first-order valence-electron chi connectivity index (χ1n) is 5.85. The molecule has 6 heteroatoms. The third kappa shape index (κ3) is 2.47. The van der Waals surface area contributed by atoms with Gasteiger partial charge >= 0.3 is 0 Å². The van der Waals surface area contributed by atoms with E-state index in [1.54, 1.807) is 24.3 Å². The lowest BCUT2D eigenvalue weighted by Gasteiger charge is -2.02. The van der Waals surface area contributed by atoms with Crippen LogP contribution in [0.5, 0.6) is 5.75 Å². The fraction of sp³-hybridized carbons (Fsp3) is 0.214. The molecule has 1 N–H and O–H groups in total. The maximum Gasteiger partial charge on any atom is 0.238 e. The summed E-state index contributed by atoms with van der Waals surface area (Å²) in [6.07, 6.45) is -0.291. The molecule has 1 heterocycles. The van der Waals surface area contributed by atoms with Crippen molar-refractivity contribution in [2.45, 2.75) is 13.3 Å². The third-order valence-corrected chi connectivity index (χ3v) is 2.72. The number of carbonyl (C=O) groups is 2. The van der Waals surface area contributed by atoms with Gasteiger partial charge in [-0.25, -0.2) is 0 Å². The summed E-state index contributed by atoms with van der Waals surface area (Å²) in [4.78, 5) is 23.1. The van der Waals surface area contributed by atoms with Crippen molar-refractivity contribution in [1.29, 1.82) is 5.26 Å². The molecule has 6 nitrogen and oxygen atoms in total. The Labute approximate surface area is 114 Å². The summed E-state index contributed by atoms with van der Waals surface area (Å²) >= 11 is 0. The van der Waals surface area contributed by atoms with E-state index in [0.717, 1.165) is 0 Å². The van der Waals surface area contributed by atoms with Crippen LogP contribution in [0.15, 0.2) is 22.6 Å². The molecule has 0 bridgehead atoms. The minimum atomic E-state index is -0.492. The normalized spacial score (nSPS) is 10.1. The van der Waals surface area contributed by atoms with Gasteiger partial charge in [-0.2, -0.15) is 5.26 Å². The van der Waals surface area contributed by atoms with Crippen LogP contribution in [0.3, 0.4) is 0 Å². The van der Waals surface area contributed by atoms with Crippen LogP contribution < -0.4 is 10.1 Å². The van der Waals surface area contributed by atoms with Crippen LogP contribution in [0.25, 0.3) is 11.0 Å². The zero-order valence-corrected chi connectivity index (χ0v) is 11.0. The summed E-state index contributed by atoms with van der Waals surface area (Å²) in [5.41, 5.74) is 0.720. The Morgan fingerprint density at radius 3 is 2.80 bits per heavy atom. The van der Waals surface area contributed by atoms with Crippen molar-refractivity contribution in [3.8, 4) is 11.8 Å². The third-order valence-electron chi connectivity index (χ3n) is 2.72. The highest BCUT2D eigenvalue weighted by Gasteiger charge is 2.19. The van der Waals surface area contributed by atoms with Crippen molar-refractivity contribution in [3.05, 3.63) is 24.0 Å². The lowest BCUT2D eigenvalue weighted by molar-refractivity contribution is -0.115. The second-order valence-corrected chi connectivity index (χ2v) is 4.11. The number of ether oxygens (including phenoxy) is 1. The summed E-state index contributed by atoms with van der Waals surface area (Å²) in [7, 11) is 1.52. The number of carbonyl (C=O) groups excluding carboxylic acids is 2. The van der Waals surface area contributed by atoms with Crippen LogP contribution in [-0.2, 0) is 4.79 Å². The Bertz CT molecular complexity index is 725. The topological polar surface area (TPSA) is 92.3 Å². The molecule has 0 fully saturated rings. The molecule has 2 aromatic rings. The largest absolute Gasteiger partial charge is 0.497 e. The molecule has 0 aliphatic heterocycles. The average molecular weight is 272 g/mol. The second kappa shape index (κ2) is 5.45. The first-order valence-corrected chi connectivity index (χ1v) is 5.85.